The quantitative estimate of drug-likeness (QED) is 0.493. The van der Waals surface area contributed by atoms with E-state index in [4.69, 9.17) is 9.94 Å². The molecule has 5 nitrogen and oxygen atoms in total. The van der Waals surface area contributed by atoms with Crippen molar-refractivity contribution < 1.29 is 14.7 Å². The summed E-state index contributed by atoms with van der Waals surface area (Å²) in [6, 6.07) is 10.5. The predicted octanol–water partition coefficient (Wildman–Crippen LogP) is 1.61. The number of hydrogen-bond acceptors (Lipinski definition) is 4. The molecule has 0 aliphatic heterocycles. The zero-order valence-corrected chi connectivity index (χ0v) is 10.8. The Hall–Kier alpha value is -2.84. The minimum Gasteiger partial charge on any atom is -0.497 e. The minimum atomic E-state index is -0.668. The third-order valence-corrected chi connectivity index (χ3v) is 2.54. The molecule has 20 heavy (non-hydrogen) atoms. The van der Waals surface area contributed by atoms with Crippen LogP contribution in [0.3, 0.4) is 0 Å². The second kappa shape index (κ2) is 6.36. The molecule has 0 fully saturated rings. The van der Waals surface area contributed by atoms with Gasteiger partial charge in [0.2, 0.25) is 0 Å². The van der Waals surface area contributed by atoms with Crippen molar-refractivity contribution >= 4 is 5.91 Å². The number of hydrogen-bond donors (Lipinski definition) is 2. The van der Waals surface area contributed by atoms with Gasteiger partial charge in [0, 0.05) is 17.3 Å². The Balaban J connectivity index is 2.21. The average molecular weight is 268 g/mol. The van der Waals surface area contributed by atoms with E-state index in [0.29, 0.717) is 5.56 Å². The highest BCUT2D eigenvalue weighted by molar-refractivity contribution is 5.91. The second-order valence-corrected chi connectivity index (χ2v) is 3.85. The molecule has 0 saturated heterocycles. The first-order valence-electron chi connectivity index (χ1n) is 5.79. The number of amides is 1. The van der Waals surface area contributed by atoms with Gasteiger partial charge >= 0.3 is 0 Å². The highest BCUT2D eigenvalue weighted by Crippen LogP contribution is 2.10. The molecule has 2 aromatic rings. The fraction of sp³-hybridized carbons (Fsp3) is 0.0667. The van der Waals surface area contributed by atoms with E-state index in [9.17, 15) is 4.79 Å². The molecule has 0 aliphatic rings. The van der Waals surface area contributed by atoms with E-state index >= 15 is 0 Å². The fourth-order valence-electron chi connectivity index (χ4n) is 1.51. The van der Waals surface area contributed by atoms with E-state index in [2.05, 4.69) is 16.8 Å². The van der Waals surface area contributed by atoms with Crippen molar-refractivity contribution in [2.75, 3.05) is 7.11 Å². The molecule has 2 rings (SSSR count). The number of pyridine rings is 1. The van der Waals surface area contributed by atoms with Crippen LogP contribution in [0, 0.1) is 11.8 Å². The van der Waals surface area contributed by atoms with Crippen LogP contribution in [0.5, 0.6) is 5.75 Å². The van der Waals surface area contributed by atoms with E-state index in [1.165, 1.54) is 17.7 Å². The summed E-state index contributed by atoms with van der Waals surface area (Å²) in [5.41, 5.74) is 3.10. The van der Waals surface area contributed by atoms with Crippen LogP contribution in [-0.2, 0) is 0 Å². The van der Waals surface area contributed by atoms with Gasteiger partial charge in [0.1, 0.15) is 11.4 Å². The number of methoxy groups -OCH3 is 1. The van der Waals surface area contributed by atoms with Crippen LogP contribution in [0.4, 0.5) is 0 Å². The molecule has 100 valence electrons. The molecule has 0 spiro atoms. The lowest BCUT2D eigenvalue weighted by atomic mass is 10.2. The molecule has 5 heteroatoms. The molecular weight excluding hydrogens is 256 g/mol. The first kappa shape index (κ1) is 13.6. The maximum absolute atomic E-state index is 11.2. The summed E-state index contributed by atoms with van der Waals surface area (Å²) in [6.45, 7) is 0. The van der Waals surface area contributed by atoms with E-state index in [1.807, 2.05) is 24.3 Å². The standard InChI is InChI=1S/C15H12N2O3/c1-20-13-6-4-11(5-7-13)2-3-12-8-9-16-14(10-12)15(18)17-19/h4-10,19H,1H3,(H,17,18). The summed E-state index contributed by atoms with van der Waals surface area (Å²) in [5, 5.41) is 8.55. The van der Waals surface area contributed by atoms with E-state index in [-0.39, 0.29) is 5.69 Å². The van der Waals surface area contributed by atoms with Gasteiger partial charge < -0.3 is 4.74 Å². The number of benzene rings is 1. The summed E-state index contributed by atoms with van der Waals surface area (Å²) in [7, 11) is 1.60. The lowest BCUT2D eigenvalue weighted by Crippen LogP contribution is -2.19. The van der Waals surface area contributed by atoms with Crippen LogP contribution in [0.25, 0.3) is 0 Å². The number of carbonyl (C=O) groups excluding carboxylic acids is 1. The molecule has 0 aliphatic carbocycles. The molecule has 0 saturated carbocycles. The largest absolute Gasteiger partial charge is 0.497 e. The van der Waals surface area contributed by atoms with Crippen molar-refractivity contribution in [3.63, 3.8) is 0 Å². The monoisotopic (exact) mass is 268 g/mol. The molecule has 1 heterocycles. The third kappa shape index (κ3) is 3.34. The number of ether oxygens (including phenoxy) is 1. The maximum atomic E-state index is 11.2. The van der Waals surface area contributed by atoms with Gasteiger partial charge in [-0.05, 0) is 36.4 Å². The molecule has 1 amide bonds. The Kier molecular flexibility index (Phi) is 4.32. The van der Waals surface area contributed by atoms with Crippen molar-refractivity contribution in [2.24, 2.45) is 0 Å². The number of nitrogens with zero attached hydrogens (tertiary/aromatic N) is 1. The van der Waals surface area contributed by atoms with E-state index in [1.54, 1.807) is 13.2 Å². The Morgan fingerprint density at radius 3 is 2.55 bits per heavy atom. The van der Waals surface area contributed by atoms with Gasteiger partial charge in [-0.2, -0.15) is 0 Å². The Bertz CT molecular complexity index is 670. The van der Waals surface area contributed by atoms with Crippen molar-refractivity contribution in [3.05, 3.63) is 59.4 Å². The lowest BCUT2D eigenvalue weighted by Gasteiger charge is -1.98. The molecule has 0 atom stereocenters. The Labute approximate surface area is 116 Å². The maximum Gasteiger partial charge on any atom is 0.293 e. The SMILES string of the molecule is COc1ccc(C#Cc2ccnc(C(=O)NO)c2)cc1. The van der Waals surface area contributed by atoms with Crippen LogP contribution >= 0.6 is 0 Å². The molecule has 1 aromatic carbocycles. The normalized spacial score (nSPS) is 9.30. The number of aromatic nitrogens is 1. The van der Waals surface area contributed by atoms with Crippen LogP contribution in [0.1, 0.15) is 21.6 Å². The summed E-state index contributed by atoms with van der Waals surface area (Å²) in [5.74, 6) is 5.99. The molecule has 0 radical (unpaired) electrons. The highest BCUT2D eigenvalue weighted by atomic mass is 16.5. The van der Waals surface area contributed by atoms with Crippen LogP contribution < -0.4 is 10.2 Å². The summed E-state index contributed by atoms with van der Waals surface area (Å²) < 4.78 is 5.06. The predicted molar refractivity (Wildman–Crippen MR) is 72.5 cm³/mol. The third-order valence-electron chi connectivity index (χ3n) is 2.54. The minimum absolute atomic E-state index is 0.106. The number of hydroxylamine groups is 1. The second-order valence-electron chi connectivity index (χ2n) is 3.85. The summed E-state index contributed by atoms with van der Waals surface area (Å²) in [4.78, 5) is 15.1. The van der Waals surface area contributed by atoms with Crippen LogP contribution in [-0.4, -0.2) is 23.2 Å². The smallest absolute Gasteiger partial charge is 0.293 e. The van der Waals surface area contributed by atoms with Crippen molar-refractivity contribution in [1.82, 2.24) is 10.5 Å². The highest BCUT2D eigenvalue weighted by Gasteiger charge is 2.04. The van der Waals surface area contributed by atoms with Gasteiger partial charge in [0.05, 0.1) is 7.11 Å². The van der Waals surface area contributed by atoms with Gasteiger partial charge in [0.25, 0.3) is 5.91 Å². The molecule has 0 bridgehead atoms. The van der Waals surface area contributed by atoms with Crippen LogP contribution in [0.15, 0.2) is 42.6 Å². The number of carbonyl (C=O) groups is 1. The van der Waals surface area contributed by atoms with Gasteiger partial charge in [-0.25, -0.2) is 5.48 Å². The van der Waals surface area contributed by atoms with Gasteiger partial charge in [0.15, 0.2) is 0 Å². The topological polar surface area (TPSA) is 71.5 Å². The molecule has 1 aromatic heterocycles. The number of rotatable bonds is 2. The Morgan fingerprint density at radius 2 is 1.90 bits per heavy atom. The molecule has 2 N–H and O–H groups in total. The number of nitrogens with one attached hydrogen (secondary N) is 1. The first-order chi connectivity index (χ1) is 9.72. The van der Waals surface area contributed by atoms with Crippen molar-refractivity contribution in [1.29, 1.82) is 0 Å². The zero-order chi connectivity index (χ0) is 14.4. The van der Waals surface area contributed by atoms with Gasteiger partial charge in [-0.3, -0.25) is 15.0 Å². The molecular formula is C15H12N2O3. The van der Waals surface area contributed by atoms with E-state index < -0.39 is 5.91 Å². The first-order valence-corrected chi connectivity index (χ1v) is 5.79. The van der Waals surface area contributed by atoms with E-state index in [0.717, 1.165) is 11.3 Å². The fourth-order valence-corrected chi connectivity index (χ4v) is 1.51. The lowest BCUT2D eigenvalue weighted by molar-refractivity contribution is 0.0700. The average Bonchev–Trinajstić information content (AvgIpc) is 2.53. The Morgan fingerprint density at radius 1 is 1.20 bits per heavy atom. The van der Waals surface area contributed by atoms with Gasteiger partial charge in [-0.15, -0.1) is 0 Å². The van der Waals surface area contributed by atoms with Crippen molar-refractivity contribution in [2.45, 2.75) is 0 Å². The van der Waals surface area contributed by atoms with Crippen molar-refractivity contribution in [3.8, 4) is 17.6 Å². The molecule has 0 unspecified atom stereocenters. The van der Waals surface area contributed by atoms with Gasteiger partial charge in [-0.1, -0.05) is 11.8 Å². The zero-order valence-electron chi connectivity index (χ0n) is 10.8. The summed E-state index contributed by atoms with van der Waals surface area (Å²) >= 11 is 0. The van der Waals surface area contributed by atoms with Crippen LogP contribution in [0.2, 0.25) is 0 Å². The summed E-state index contributed by atoms with van der Waals surface area (Å²) in [6.07, 6.45) is 1.46.